The van der Waals surface area contributed by atoms with Crippen molar-refractivity contribution < 1.29 is 52.2 Å². The lowest BCUT2D eigenvalue weighted by Gasteiger charge is -2.20. The topological polar surface area (TPSA) is 155 Å². The highest BCUT2D eigenvalue weighted by Crippen LogP contribution is 2.46. The van der Waals surface area contributed by atoms with Crippen LogP contribution < -0.4 is 0 Å². The number of aliphatic hydroxyl groups excluding tert-OH is 1. The zero-order chi connectivity index (χ0) is 51.7. The van der Waals surface area contributed by atoms with Gasteiger partial charge in [0, 0.05) is 19.3 Å². The van der Waals surface area contributed by atoms with Crippen molar-refractivity contribution in [2.75, 3.05) is 26.4 Å². The van der Waals surface area contributed by atoms with E-state index in [1.807, 2.05) is 0 Å². The fourth-order valence-electron chi connectivity index (χ4n) is 9.06. The van der Waals surface area contributed by atoms with Gasteiger partial charge in [0.1, 0.15) is 19.3 Å². The van der Waals surface area contributed by atoms with E-state index in [1.54, 1.807) is 0 Å². The van der Waals surface area contributed by atoms with Gasteiger partial charge in [0.05, 0.1) is 13.2 Å². The summed E-state index contributed by atoms with van der Waals surface area (Å²) in [6.45, 7) is 4.83. The minimum absolute atomic E-state index is 0.178. The molecular formula is C59H109O11P. The Balaban J connectivity index is 2.39. The van der Waals surface area contributed by atoms with E-state index in [0.29, 0.717) is 19.3 Å². The highest BCUT2D eigenvalue weighted by atomic mass is 31.2. The average Bonchev–Trinajstić information content (AvgIpc) is 4.12. The summed E-state index contributed by atoms with van der Waals surface area (Å²) in [6.07, 6.45) is 51.9. The molecule has 2 N–H and O–H groups in total. The molecule has 1 rings (SSSR count). The molecule has 0 spiro atoms. The maximum absolute atomic E-state index is 12.9. The van der Waals surface area contributed by atoms with E-state index in [0.717, 1.165) is 108 Å². The Hall–Kier alpha value is -2.04. The van der Waals surface area contributed by atoms with Gasteiger partial charge < -0.3 is 24.2 Å². The largest absolute Gasteiger partial charge is 0.472 e. The molecule has 1 fully saturated rings. The molecule has 1 aliphatic carbocycles. The van der Waals surface area contributed by atoms with Gasteiger partial charge in [-0.25, -0.2) is 4.57 Å². The molecule has 416 valence electrons. The second kappa shape index (κ2) is 48.9. The van der Waals surface area contributed by atoms with E-state index in [-0.39, 0.29) is 25.9 Å². The molecule has 0 bridgehead atoms. The number of carbonyl (C=O) groups excluding carboxylic acids is 3. The number of hydrogen-bond donors (Lipinski definition) is 2. The number of esters is 3. The lowest BCUT2D eigenvalue weighted by atomic mass is 10.0. The van der Waals surface area contributed by atoms with Crippen LogP contribution in [-0.2, 0) is 42.2 Å². The lowest BCUT2D eigenvalue weighted by molar-refractivity contribution is -0.161. The first-order valence-electron chi connectivity index (χ1n) is 29.7. The number of phosphoric acid groups is 1. The molecule has 0 aromatic carbocycles. The highest BCUT2D eigenvalue weighted by Gasteiger charge is 2.35. The van der Waals surface area contributed by atoms with Gasteiger partial charge in [-0.05, 0) is 88.9 Å². The van der Waals surface area contributed by atoms with Crippen molar-refractivity contribution in [2.24, 2.45) is 11.8 Å². The van der Waals surface area contributed by atoms with Crippen LogP contribution in [-0.4, -0.2) is 66.5 Å². The fraction of sp³-hybridized carbons (Fsp3) is 0.881. The molecule has 0 saturated heterocycles. The van der Waals surface area contributed by atoms with Gasteiger partial charge in [-0.2, -0.15) is 0 Å². The van der Waals surface area contributed by atoms with Crippen LogP contribution in [0.15, 0.2) is 24.3 Å². The third-order valence-electron chi connectivity index (χ3n) is 13.8. The van der Waals surface area contributed by atoms with Gasteiger partial charge in [0.25, 0.3) is 0 Å². The van der Waals surface area contributed by atoms with Gasteiger partial charge in [-0.1, -0.05) is 212 Å². The smallest absolute Gasteiger partial charge is 0.463 e. The Kier molecular flexibility index (Phi) is 46.1. The first-order chi connectivity index (χ1) is 34.6. The van der Waals surface area contributed by atoms with Crippen LogP contribution in [0.1, 0.15) is 284 Å². The van der Waals surface area contributed by atoms with Crippen LogP contribution >= 0.6 is 7.82 Å². The van der Waals surface area contributed by atoms with Gasteiger partial charge in [0.15, 0.2) is 6.10 Å². The third kappa shape index (κ3) is 46.2. The summed E-state index contributed by atoms with van der Waals surface area (Å²) >= 11 is 0. The molecule has 0 aromatic heterocycles. The Morgan fingerprint density at radius 3 is 1.23 bits per heavy atom. The number of hydrogen-bond acceptors (Lipinski definition) is 10. The zero-order valence-corrected chi connectivity index (χ0v) is 46.8. The number of carbonyl (C=O) groups is 3. The predicted octanol–water partition coefficient (Wildman–Crippen LogP) is 16.9. The summed E-state index contributed by atoms with van der Waals surface area (Å²) in [6, 6.07) is 0. The van der Waals surface area contributed by atoms with Crippen molar-refractivity contribution >= 4 is 25.7 Å². The van der Waals surface area contributed by atoms with Gasteiger partial charge >= 0.3 is 25.7 Å². The maximum atomic E-state index is 12.9. The SMILES string of the molecule is CCCCCC/C=C\CCCCCCCC(=O)OC[C@H](O)COP(=O)(O)OC[C@@H](COC(=O)CCCCCCC/C=C\CCCCCC)OC(=O)CCCCCCCC1CC1CCCCCCCCCC. The summed E-state index contributed by atoms with van der Waals surface area (Å²) in [7, 11) is -4.72. The molecule has 0 heterocycles. The van der Waals surface area contributed by atoms with Crippen molar-refractivity contribution in [1.82, 2.24) is 0 Å². The third-order valence-corrected chi connectivity index (χ3v) is 14.7. The molecule has 11 nitrogen and oxygen atoms in total. The molecule has 1 aliphatic rings. The minimum Gasteiger partial charge on any atom is -0.463 e. The summed E-state index contributed by atoms with van der Waals surface area (Å²) in [5.74, 6) is 0.470. The Morgan fingerprint density at radius 1 is 0.451 bits per heavy atom. The van der Waals surface area contributed by atoms with Crippen LogP contribution in [0, 0.1) is 11.8 Å². The maximum Gasteiger partial charge on any atom is 0.472 e. The van der Waals surface area contributed by atoms with Gasteiger partial charge in [0.2, 0.25) is 0 Å². The molecule has 0 amide bonds. The van der Waals surface area contributed by atoms with Crippen LogP contribution in [0.3, 0.4) is 0 Å². The van der Waals surface area contributed by atoms with E-state index in [4.69, 9.17) is 23.3 Å². The van der Waals surface area contributed by atoms with E-state index in [2.05, 4.69) is 45.1 Å². The second-order valence-electron chi connectivity index (χ2n) is 20.8. The summed E-state index contributed by atoms with van der Waals surface area (Å²) < 4.78 is 39.1. The monoisotopic (exact) mass is 1020 g/mol. The quantitative estimate of drug-likeness (QED) is 0.0197. The van der Waals surface area contributed by atoms with E-state index in [1.165, 1.54) is 128 Å². The molecule has 0 radical (unpaired) electrons. The normalized spacial score (nSPS) is 16.4. The number of ether oxygens (including phenoxy) is 3. The molecule has 5 atom stereocenters. The number of rotatable bonds is 54. The van der Waals surface area contributed by atoms with Crippen LogP contribution in [0.25, 0.3) is 0 Å². The van der Waals surface area contributed by atoms with E-state index < -0.39 is 57.8 Å². The highest BCUT2D eigenvalue weighted by molar-refractivity contribution is 7.47. The first kappa shape index (κ1) is 67.0. The molecule has 3 unspecified atom stereocenters. The van der Waals surface area contributed by atoms with Crippen LogP contribution in [0.2, 0.25) is 0 Å². The lowest BCUT2D eigenvalue weighted by Crippen LogP contribution is -2.30. The predicted molar refractivity (Wildman–Crippen MR) is 291 cm³/mol. The molecule has 0 aromatic rings. The number of aliphatic hydroxyl groups is 1. The zero-order valence-electron chi connectivity index (χ0n) is 46.0. The minimum atomic E-state index is -4.72. The van der Waals surface area contributed by atoms with Crippen molar-refractivity contribution in [3.05, 3.63) is 24.3 Å². The van der Waals surface area contributed by atoms with Crippen molar-refractivity contribution in [3.8, 4) is 0 Å². The summed E-state index contributed by atoms with van der Waals surface area (Å²) in [4.78, 5) is 48.2. The van der Waals surface area contributed by atoms with Crippen LogP contribution in [0.5, 0.6) is 0 Å². The number of unbranched alkanes of at least 4 members (excludes halogenated alkanes) is 29. The number of allylic oxidation sites excluding steroid dienone is 4. The molecular weight excluding hydrogens is 916 g/mol. The van der Waals surface area contributed by atoms with E-state index in [9.17, 15) is 28.9 Å². The second-order valence-corrected chi connectivity index (χ2v) is 22.2. The average molecular weight is 1030 g/mol. The number of phosphoric ester groups is 1. The van der Waals surface area contributed by atoms with Crippen LogP contribution in [0.4, 0.5) is 0 Å². The molecule has 1 saturated carbocycles. The Morgan fingerprint density at radius 2 is 0.789 bits per heavy atom. The molecule has 12 heteroatoms. The standard InChI is InChI=1S/C59H109O11P/c1-4-7-10-13-16-19-21-23-25-27-30-35-40-45-57(61)66-49-55(60)50-68-71(64,65)69-52-56(51-67-58(62)46-41-36-31-28-26-24-22-20-17-14-11-8-5-2)70-59(63)47-42-37-32-34-39-44-54-48-53(54)43-38-33-29-18-15-12-9-6-3/h19-22,53-56,60H,4-18,23-52H2,1-3H3,(H,64,65)/b21-19-,22-20-/t53?,54?,55-,56+/m0/s1. The first-order valence-corrected chi connectivity index (χ1v) is 31.2. The van der Waals surface area contributed by atoms with Gasteiger partial charge in [-0.3, -0.25) is 23.4 Å². The fourth-order valence-corrected chi connectivity index (χ4v) is 9.85. The summed E-state index contributed by atoms with van der Waals surface area (Å²) in [5.41, 5.74) is 0. The van der Waals surface area contributed by atoms with Crippen molar-refractivity contribution in [1.29, 1.82) is 0 Å². The van der Waals surface area contributed by atoms with E-state index >= 15 is 0 Å². The van der Waals surface area contributed by atoms with Crippen molar-refractivity contribution in [2.45, 2.75) is 296 Å². The molecule has 0 aliphatic heterocycles. The van der Waals surface area contributed by atoms with Gasteiger partial charge in [-0.15, -0.1) is 0 Å². The Labute approximate surface area is 435 Å². The van der Waals surface area contributed by atoms with Crippen molar-refractivity contribution in [3.63, 3.8) is 0 Å². The Bertz CT molecular complexity index is 1350. The molecule has 71 heavy (non-hydrogen) atoms. The summed E-state index contributed by atoms with van der Waals surface area (Å²) in [5, 5.41) is 10.3.